The molecule has 0 unspecified atom stereocenters. The van der Waals surface area contributed by atoms with Gasteiger partial charge in [-0.3, -0.25) is 9.59 Å². The summed E-state index contributed by atoms with van der Waals surface area (Å²) in [6.07, 6.45) is 1.55. The summed E-state index contributed by atoms with van der Waals surface area (Å²) in [5, 5.41) is 3.46. The number of nitrogens with one attached hydrogen (secondary N) is 2. The third-order valence-electron chi connectivity index (χ3n) is 3.91. The molecule has 1 heterocycles. The van der Waals surface area contributed by atoms with E-state index in [0.717, 1.165) is 28.9 Å². The Morgan fingerprint density at radius 3 is 2.67 bits per heavy atom. The molecule has 0 atom stereocenters. The van der Waals surface area contributed by atoms with Gasteiger partial charge in [0.25, 0.3) is 5.56 Å². The van der Waals surface area contributed by atoms with E-state index in [-0.39, 0.29) is 17.2 Å². The summed E-state index contributed by atoms with van der Waals surface area (Å²) in [6.45, 7) is 7.76. The summed E-state index contributed by atoms with van der Waals surface area (Å²) in [5.74, 6) is 0.0948. The Morgan fingerprint density at radius 2 is 2.00 bits per heavy atom. The zero-order chi connectivity index (χ0) is 17.7. The second kappa shape index (κ2) is 8.15. The average molecular weight is 345 g/mol. The lowest BCUT2D eigenvalue weighted by Crippen LogP contribution is -2.18. The van der Waals surface area contributed by atoms with Crippen LogP contribution in [0.25, 0.3) is 0 Å². The van der Waals surface area contributed by atoms with Crippen LogP contribution in [0.1, 0.15) is 36.2 Å². The number of aromatic amines is 1. The third kappa shape index (κ3) is 4.26. The maximum atomic E-state index is 12.3. The summed E-state index contributed by atoms with van der Waals surface area (Å²) in [4.78, 5) is 31.3. The lowest BCUT2D eigenvalue weighted by molar-refractivity contribution is -0.113. The molecule has 0 saturated heterocycles. The lowest BCUT2D eigenvalue weighted by atomic mass is 10.1. The largest absolute Gasteiger partial charge is 0.325 e. The van der Waals surface area contributed by atoms with Crippen LogP contribution in [0.2, 0.25) is 0 Å². The quantitative estimate of drug-likeness (QED) is 0.622. The van der Waals surface area contributed by atoms with Gasteiger partial charge in [0.05, 0.1) is 11.4 Å². The molecule has 0 aliphatic carbocycles. The minimum Gasteiger partial charge on any atom is -0.325 e. The molecule has 0 aliphatic heterocycles. The van der Waals surface area contributed by atoms with Crippen molar-refractivity contribution < 1.29 is 4.79 Å². The zero-order valence-electron chi connectivity index (χ0n) is 14.5. The first-order valence-corrected chi connectivity index (χ1v) is 9.05. The Labute approximate surface area is 146 Å². The van der Waals surface area contributed by atoms with E-state index >= 15 is 0 Å². The number of carbonyl (C=O) groups is 1. The molecule has 0 bridgehead atoms. The van der Waals surface area contributed by atoms with Gasteiger partial charge >= 0.3 is 0 Å². The molecule has 6 heteroatoms. The van der Waals surface area contributed by atoms with Crippen LogP contribution < -0.4 is 10.9 Å². The van der Waals surface area contributed by atoms with Crippen molar-refractivity contribution in [3.8, 4) is 0 Å². The second-order valence-corrected chi connectivity index (χ2v) is 6.56. The number of aromatic nitrogens is 2. The fourth-order valence-corrected chi connectivity index (χ4v) is 3.16. The summed E-state index contributed by atoms with van der Waals surface area (Å²) < 4.78 is 0. The number of para-hydroxylation sites is 1. The van der Waals surface area contributed by atoms with Crippen molar-refractivity contribution in [2.45, 2.75) is 45.7 Å². The van der Waals surface area contributed by atoms with Crippen molar-refractivity contribution in [3.05, 3.63) is 50.9 Å². The van der Waals surface area contributed by atoms with Crippen molar-refractivity contribution in [1.29, 1.82) is 0 Å². The number of hydrogen-bond donors (Lipinski definition) is 2. The van der Waals surface area contributed by atoms with Crippen LogP contribution >= 0.6 is 11.8 Å². The summed E-state index contributed by atoms with van der Waals surface area (Å²) in [7, 11) is 0. The Kier molecular flexibility index (Phi) is 6.20. The molecular weight excluding hydrogens is 322 g/mol. The zero-order valence-corrected chi connectivity index (χ0v) is 15.3. The molecule has 24 heavy (non-hydrogen) atoms. The predicted molar refractivity (Wildman–Crippen MR) is 98.9 cm³/mol. The van der Waals surface area contributed by atoms with Gasteiger partial charge in [-0.05, 0) is 37.8 Å². The minimum absolute atomic E-state index is 0.106. The van der Waals surface area contributed by atoms with Crippen LogP contribution in [-0.2, 0) is 17.6 Å². The van der Waals surface area contributed by atoms with Gasteiger partial charge in [-0.1, -0.05) is 43.8 Å². The molecule has 0 radical (unpaired) electrons. The van der Waals surface area contributed by atoms with Gasteiger partial charge in [0, 0.05) is 11.3 Å². The molecule has 0 fully saturated rings. The molecule has 0 saturated carbocycles. The number of benzene rings is 1. The van der Waals surface area contributed by atoms with Gasteiger partial charge in [0.15, 0.2) is 5.16 Å². The molecular formula is C18H23N3O2S. The minimum atomic E-state index is -0.142. The predicted octanol–water partition coefficient (Wildman–Crippen LogP) is 3.24. The van der Waals surface area contributed by atoms with Crippen molar-refractivity contribution >= 4 is 23.4 Å². The van der Waals surface area contributed by atoms with Gasteiger partial charge in [0.1, 0.15) is 0 Å². The highest BCUT2D eigenvalue weighted by atomic mass is 32.2. The van der Waals surface area contributed by atoms with E-state index in [2.05, 4.69) is 22.2 Å². The Morgan fingerprint density at radius 1 is 1.25 bits per heavy atom. The van der Waals surface area contributed by atoms with E-state index in [1.807, 2.05) is 32.0 Å². The average Bonchev–Trinajstić information content (AvgIpc) is 2.57. The molecule has 1 aromatic carbocycles. The fourth-order valence-electron chi connectivity index (χ4n) is 2.48. The monoisotopic (exact) mass is 345 g/mol. The first-order valence-electron chi connectivity index (χ1n) is 8.07. The number of nitrogens with zero attached hydrogens (tertiary/aromatic N) is 1. The van der Waals surface area contributed by atoms with E-state index in [9.17, 15) is 9.59 Å². The smallest absolute Gasteiger partial charge is 0.254 e. The normalized spacial score (nSPS) is 10.7. The van der Waals surface area contributed by atoms with Crippen LogP contribution in [0.15, 0.2) is 28.2 Å². The Balaban J connectivity index is 2.07. The third-order valence-corrected chi connectivity index (χ3v) is 4.78. The van der Waals surface area contributed by atoms with Gasteiger partial charge in [-0.15, -0.1) is 0 Å². The van der Waals surface area contributed by atoms with Crippen LogP contribution in [0.5, 0.6) is 0 Å². The number of H-pyrrole nitrogens is 1. The van der Waals surface area contributed by atoms with E-state index in [1.165, 1.54) is 11.8 Å². The Hall–Kier alpha value is -2.08. The number of thioether (sulfide) groups is 1. The first kappa shape index (κ1) is 18.3. The number of aryl methyl sites for hydroxylation is 3. The molecule has 2 aromatic rings. The number of rotatable bonds is 6. The summed E-state index contributed by atoms with van der Waals surface area (Å²) in [6, 6.07) is 5.99. The number of carbonyl (C=O) groups excluding carboxylic acids is 1. The van der Waals surface area contributed by atoms with Crippen LogP contribution in [0, 0.1) is 13.8 Å². The van der Waals surface area contributed by atoms with Gasteiger partial charge in [-0.25, -0.2) is 4.98 Å². The molecule has 0 aliphatic rings. The van der Waals surface area contributed by atoms with E-state index in [4.69, 9.17) is 0 Å². The summed E-state index contributed by atoms with van der Waals surface area (Å²) >= 11 is 1.24. The number of anilines is 1. The summed E-state index contributed by atoms with van der Waals surface area (Å²) in [5.41, 5.74) is 4.31. The van der Waals surface area contributed by atoms with Gasteiger partial charge < -0.3 is 10.3 Å². The van der Waals surface area contributed by atoms with E-state index < -0.39 is 0 Å². The highest BCUT2D eigenvalue weighted by Gasteiger charge is 2.11. The molecule has 128 valence electrons. The molecule has 1 aromatic heterocycles. The number of hydrogen-bond acceptors (Lipinski definition) is 4. The molecule has 1 amide bonds. The maximum absolute atomic E-state index is 12.3. The molecule has 2 N–H and O–H groups in total. The van der Waals surface area contributed by atoms with Gasteiger partial charge in [-0.2, -0.15) is 0 Å². The van der Waals surface area contributed by atoms with Crippen molar-refractivity contribution in [1.82, 2.24) is 9.97 Å². The van der Waals surface area contributed by atoms with Crippen molar-refractivity contribution in [3.63, 3.8) is 0 Å². The Bertz CT molecular complexity index is 799. The van der Waals surface area contributed by atoms with Gasteiger partial charge in [0.2, 0.25) is 5.91 Å². The van der Waals surface area contributed by atoms with Crippen molar-refractivity contribution in [2.24, 2.45) is 0 Å². The molecule has 0 spiro atoms. The van der Waals surface area contributed by atoms with E-state index in [1.54, 1.807) is 6.92 Å². The fraction of sp³-hybridized carbons (Fsp3) is 0.389. The number of amides is 1. The van der Waals surface area contributed by atoms with Crippen LogP contribution in [0.3, 0.4) is 0 Å². The van der Waals surface area contributed by atoms with Crippen LogP contribution in [-0.4, -0.2) is 21.6 Å². The SMILES string of the molecule is CCc1cccc(C)c1NC(=O)CSc1nc(CC)c(C)c(=O)[nH]1. The van der Waals surface area contributed by atoms with Crippen LogP contribution in [0.4, 0.5) is 5.69 Å². The second-order valence-electron chi connectivity index (χ2n) is 5.60. The van der Waals surface area contributed by atoms with E-state index in [0.29, 0.717) is 17.1 Å². The molecule has 5 nitrogen and oxygen atoms in total. The maximum Gasteiger partial charge on any atom is 0.254 e. The first-order chi connectivity index (χ1) is 11.5. The lowest BCUT2D eigenvalue weighted by Gasteiger charge is -2.12. The highest BCUT2D eigenvalue weighted by molar-refractivity contribution is 7.99. The van der Waals surface area contributed by atoms with Crippen molar-refractivity contribution in [2.75, 3.05) is 11.1 Å². The standard InChI is InChI=1S/C18H23N3O2S/c1-5-13-9-7-8-11(3)16(13)20-15(22)10-24-18-19-14(6-2)12(4)17(23)21-18/h7-9H,5-6,10H2,1-4H3,(H,20,22)(H,19,21,23). The highest BCUT2D eigenvalue weighted by Crippen LogP contribution is 2.22. The molecule has 2 rings (SSSR count). The topological polar surface area (TPSA) is 74.8 Å².